The van der Waals surface area contributed by atoms with E-state index in [9.17, 15) is 0 Å². The highest BCUT2D eigenvalue weighted by molar-refractivity contribution is 5.79. The third kappa shape index (κ3) is 4.16. The van der Waals surface area contributed by atoms with Gasteiger partial charge in [0.2, 0.25) is 5.96 Å². The van der Waals surface area contributed by atoms with E-state index >= 15 is 0 Å². The number of hydrazine groups is 1. The van der Waals surface area contributed by atoms with Crippen LogP contribution in [0.5, 0.6) is 0 Å². The first-order valence-corrected chi connectivity index (χ1v) is 6.47. The minimum absolute atomic E-state index is 0.501. The van der Waals surface area contributed by atoms with Gasteiger partial charge in [0.25, 0.3) is 0 Å². The Bertz CT molecular complexity index is 245. The van der Waals surface area contributed by atoms with E-state index in [4.69, 9.17) is 10.6 Å². The minimum atomic E-state index is 0.501. The van der Waals surface area contributed by atoms with Gasteiger partial charge in [-0.15, -0.1) is 0 Å². The normalized spacial score (nSPS) is 26.1. The molecule has 5 heteroatoms. The predicted molar refractivity (Wildman–Crippen MR) is 70.7 cm³/mol. The van der Waals surface area contributed by atoms with Crippen molar-refractivity contribution in [3.8, 4) is 0 Å². The van der Waals surface area contributed by atoms with Crippen LogP contribution in [-0.2, 0) is 4.74 Å². The van der Waals surface area contributed by atoms with Crippen LogP contribution in [-0.4, -0.2) is 43.7 Å². The molecule has 1 aliphatic rings. The molecule has 1 fully saturated rings. The number of nitrogens with one attached hydrogen (secondary N) is 1. The van der Waals surface area contributed by atoms with Crippen LogP contribution in [0.4, 0.5) is 0 Å². The van der Waals surface area contributed by atoms with Gasteiger partial charge in [-0.1, -0.05) is 6.92 Å². The molecule has 0 spiro atoms. The van der Waals surface area contributed by atoms with Crippen LogP contribution in [0.15, 0.2) is 4.99 Å². The standard InChI is InChI=1S/C12H26N4O/c1-10-6-4-8-16(11(10)2)12(15-13)14-7-5-9-17-3/h10-11H,4-9,13H2,1-3H3,(H,14,15). The number of rotatable bonds is 4. The van der Waals surface area contributed by atoms with E-state index in [2.05, 4.69) is 29.2 Å². The predicted octanol–water partition coefficient (Wildman–Crippen LogP) is 0.963. The average molecular weight is 242 g/mol. The fourth-order valence-electron chi connectivity index (χ4n) is 2.25. The van der Waals surface area contributed by atoms with Crippen molar-refractivity contribution < 1.29 is 4.74 Å². The van der Waals surface area contributed by atoms with E-state index in [1.165, 1.54) is 12.8 Å². The molecule has 0 saturated carbocycles. The topological polar surface area (TPSA) is 62.9 Å². The van der Waals surface area contributed by atoms with E-state index in [1.807, 2.05) is 0 Å². The maximum Gasteiger partial charge on any atom is 0.208 e. The first-order chi connectivity index (χ1) is 8.20. The van der Waals surface area contributed by atoms with Crippen LogP contribution >= 0.6 is 0 Å². The summed E-state index contributed by atoms with van der Waals surface area (Å²) >= 11 is 0. The highest BCUT2D eigenvalue weighted by atomic mass is 16.5. The first kappa shape index (κ1) is 14.3. The number of aliphatic imine (C=N–C) groups is 1. The Labute approximate surface area is 104 Å². The van der Waals surface area contributed by atoms with Crippen LogP contribution in [0.25, 0.3) is 0 Å². The highest BCUT2D eigenvalue weighted by Crippen LogP contribution is 2.22. The molecule has 100 valence electrons. The summed E-state index contributed by atoms with van der Waals surface area (Å²) in [5.41, 5.74) is 2.73. The number of nitrogens with two attached hydrogens (primary N) is 1. The summed E-state index contributed by atoms with van der Waals surface area (Å²) in [5.74, 6) is 7.09. The molecule has 1 rings (SSSR count). The van der Waals surface area contributed by atoms with Gasteiger partial charge in [0, 0.05) is 32.8 Å². The zero-order valence-corrected chi connectivity index (χ0v) is 11.3. The van der Waals surface area contributed by atoms with Crippen molar-refractivity contribution in [1.82, 2.24) is 10.3 Å². The summed E-state index contributed by atoms with van der Waals surface area (Å²) in [5, 5.41) is 0. The number of guanidine groups is 1. The molecule has 0 aliphatic carbocycles. The number of piperidine rings is 1. The number of likely N-dealkylation sites (tertiary alicyclic amines) is 1. The largest absolute Gasteiger partial charge is 0.385 e. The van der Waals surface area contributed by atoms with Crippen molar-refractivity contribution >= 4 is 5.96 Å². The number of methoxy groups -OCH3 is 1. The molecule has 0 radical (unpaired) electrons. The minimum Gasteiger partial charge on any atom is -0.385 e. The number of hydrogen-bond donors (Lipinski definition) is 2. The van der Waals surface area contributed by atoms with Gasteiger partial charge < -0.3 is 9.64 Å². The third-order valence-corrected chi connectivity index (χ3v) is 3.54. The van der Waals surface area contributed by atoms with Crippen molar-refractivity contribution in [3.63, 3.8) is 0 Å². The van der Waals surface area contributed by atoms with E-state index in [1.54, 1.807) is 7.11 Å². The van der Waals surface area contributed by atoms with E-state index in [0.29, 0.717) is 12.0 Å². The van der Waals surface area contributed by atoms with Gasteiger partial charge >= 0.3 is 0 Å². The lowest BCUT2D eigenvalue weighted by atomic mass is 9.92. The van der Waals surface area contributed by atoms with Crippen molar-refractivity contribution in [2.24, 2.45) is 16.8 Å². The quantitative estimate of drug-likeness (QED) is 0.253. The Kier molecular flexibility index (Phi) is 6.29. The van der Waals surface area contributed by atoms with Crippen molar-refractivity contribution in [1.29, 1.82) is 0 Å². The highest BCUT2D eigenvalue weighted by Gasteiger charge is 2.26. The fraction of sp³-hybridized carbons (Fsp3) is 0.917. The van der Waals surface area contributed by atoms with Gasteiger partial charge in [-0.3, -0.25) is 10.4 Å². The SMILES string of the molecule is COCCCN=C(NN)N1CCCC(C)C1C. The first-order valence-electron chi connectivity index (χ1n) is 6.47. The summed E-state index contributed by atoms with van der Waals surface area (Å²) in [7, 11) is 1.71. The van der Waals surface area contributed by atoms with Crippen molar-refractivity contribution in [2.75, 3.05) is 26.8 Å². The van der Waals surface area contributed by atoms with Crippen LogP contribution in [0.3, 0.4) is 0 Å². The second-order valence-corrected chi connectivity index (χ2v) is 4.75. The summed E-state index contributed by atoms with van der Waals surface area (Å²) in [6, 6.07) is 0.501. The number of nitrogens with zero attached hydrogens (tertiary/aromatic N) is 2. The van der Waals surface area contributed by atoms with Gasteiger partial charge in [-0.05, 0) is 32.1 Å². The molecular weight excluding hydrogens is 216 g/mol. The zero-order valence-electron chi connectivity index (χ0n) is 11.3. The monoisotopic (exact) mass is 242 g/mol. The van der Waals surface area contributed by atoms with Gasteiger partial charge in [0.05, 0.1) is 0 Å². The summed E-state index contributed by atoms with van der Waals surface area (Å²) in [4.78, 5) is 6.79. The van der Waals surface area contributed by atoms with E-state index < -0.39 is 0 Å². The molecule has 0 aromatic carbocycles. The fourth-order valence-corrected chi connectivity index (χ4v) is 2.25. The van der Waals surface area contributed by atoms with Crippen LogP contribution in [0, 0.1) is 5.92 Å². The van der Waals surface area contributed by atoms with E-state index in [0.717, 1.165) is 32.1 Å². The summed E-state index contributed by atoms with van der Waals surface area (Å²) in [6.07, 6.45) is 3.43. The molecule has 5 nitrogen and oxygen atoms in total. The Balaban J connectivity index is 2.52. The van der Waals surface area contributed by atoms with Crippen LogP contribution < -0.4 is 11.3 Å². The van der Waals surface area contributed by atoms with E-state index in [-0.39, 0.29) is 0 Å². The zero-order chi connectivity index (χ0) is 12.7. The van der Waals surface area contributed by atoms with Gasteiger partial charge in [0.15, 0.2) is 0 Å². The Morgan fingerprint density at radius 1 is 1.53 bits per heavy atom. The van der Waals surface area contributed by atoms with Crippen molar-refractivity contribution in [3.05, 3.63) is 0 Å². The maximum absolute atomic E-state index is 5.57. The summed E-state index contributed by atoms with van der Waals surface area (Å²) < 4.78 is 5.01. The summed E-state index contributed by atoms with van der Waals surface area (Å²) in [6.45, 7) is 7.07. The smallest absolute Gasteiger partial charge is 0.208 e. The molecule has 2 unspecified atom stereocenters. The van der Waals surface area contributed by atoms with Crippen LogP contribution in [0.2, 0.25) is 0 Å². The molecule has 1 saturated heterocycles. The number of hydrogen-bond acceptors (Lipinski definition) is 3. The lowest BCUT2D eigenvalue weighted by Gasteiger charge is -2.39. The van der Waals surface area contributed by atoms with Crippen molar-refractivity contribution in [2.45, 2.75) is 39.2 Å². The Morgan fingerprint density at radius 2 is 2.29 bits per heavy atom. The second-order valence-electron chi connectivity index (χ2n) is 4.75. The molecule has 0 aromatic heterocycles. The Hall–Kier alpha value is -0.810. The molecule has 17 heavy (non-hydrogen) atoms. The number of ether oxygens (including phenoxy) is 1. The lowest BCUT2D eigenvalue weighted by molar-refractivity contribution is 0.184. The molecule has 1 heterocycles. The van der Waals surface area contributed by atoms with Gasteiger partial charge in [-0.2, -0.15) is 0 Å². The molecule has 3 N–H and O–H groups in total. The molecule has 2 atom stereocenters. The molecule has 0 bridgehead atoms. The molecular formula is C12H26N4O. The second kappa shape index (κ2) is 7.50. The molecule has 0 amide bonds. The van der Waals surface area contributed by atoms with Gasteiger partial charge in [0.1, 0.15) is 0 Å². The lowest BCUT2D eigenvalue weighted by Crippen LogP contribution is -2.53. The molecule has 0 aromatic rings. The Morgan fingerprint density at radius 3 is 2.94 bits per heavy atom. The third-order valence-electron chi connectivity index (χ3n) is 3.54. The van der Waals surface area contributed by atoms with Crippen LogP contribution in [0.1, 0.15) is 33.1 Å². The average Bonchev–Trinajstić information content (AvgIpc) is 2.34. The maximum atomic E-state index is 5.57. The molecule has 1 aliphatic heterocycles. The van der Waals surface area contributed by atoms with Gasteiger partial charge in [-0.25, -0.2) is 5.84 Å².